The van der Waals surface area contributed by atoms with Crippen molar-refractivity contribution in [1.29, 1.82) is 0 Å². The van der Waals surface area contributed by atoms with Crippen molar-refractivity contribution in [1.82, 2.24) is 0 Å². The summed E-state index contributed by atoms with van der Waals surface area (Å²) in [6, 6.07) is 11.0. The molecule has 112 valence electrons. The van der Waals surface area contributed by atoms with Crippen LogP contribution in [-0.2, 0) is 16.4 Å². The molecule has 0 saturated carbocycles. The Labute approximate surface area is 132 Å². The third-order valence-corrected chi connectivity index (χ3v) is 5.61. The fourth-order valence-corrected chi connectivity index (χ4v) is 3.09. The third kappa shape index (κ3) is 4.04. The van der Waals surface area contributed by atoms with Crippen LogP contribution in [0.3, 0.4) is 0 Å². The minimum absolute atomic E-state index is 0.0794. The van der Waals surface area contributed by atoms with E-state index in [4.69, 9.17) is 0 Å². The van der Waals surface area contributed by atoms with E-state index < -0.39 is 9.84 Å². The van der Waals surface area contributed by atoms with Crippen LogP contribution in [0, 0.1) is 5.82 Å². The van der Waals surface area contributed by atoms with Gasteiger partial charge in [0, 0.05) is 16.7 Å². The van der Waals surface area contributed by atoms with Crippen LogP contribution < -0.4 is 5.32 Å². The zero-order valence-corrected chi connectivity index (χ0v) is 13.8. The Balaban J connectivity index is 2.09. The molecule has 0 radical (unpaired) electrons. The summed E-state index contributed by atoms with van der Waals surface area (Å²) >= 11 is 3.37. The van der Waals surface area contributed by atoms with Crippen molar-refractivity contribution < 1.29 is 12.8 Å². The minimum Gasteiger partial charge on any atom is -0.381 e. The van der Waals surface area contributed by atoms with Crippen molar-refractivity contribution in [3.63, 3.8) is 0 Å². The molecule has 0 aromatic heterocycles. The number of benzene rings is 2. The van der Waals surface area contributed by atoms with E-state index in [-0.39, 0.29) is 11.6 Å². The minimum atomic E-state index is -3.18. The normalized spacial score (nSPS) is 11.4. The lowest BCUT2D eigenvalue weighted by Crippen LogP contribution is -2.04. The maximum atomic E-state index is 13.2. The van der Waals surface area contributed by atoms with Crippen molar-refractivity contribution in [3.8, 4) is 0 Å². The molecule has 2 aromatic carbocycles. The van der Waals surface area contributed by atoms with Crippen molar-refractivity contribution in [3.05, 3.63) is 58.3 Å². The third-order valence-electron chi connectivity index (χ3n) is 3.08. The van der Waals surface area contributed by atoms with E-state index in [2.05, 4.69) is 21.2 Å². The smallest absolute Gasteiger partial charge is 0.178 e. The standard InChI is InChI=1S/C15H15BrFNO2S/c1-2-21(19,20)14-6-4-13(5-7-14)18-10-11-9-12(17)3-8-15(11)16/h3-9,18H,2,10H2,1H3. The second-order valence-electron chi connectivity index (χ2n) is 4.52. The SMILES string of the molecule is CCS(=O)(=O)c1ccc(NCc2cc(F)ccc2Br)cc1. The first kappa shape index (κ1) is 16.0. The van der Waals surface area contributed by atoms with Gasteiger partial charge in [0.05, 0.1) is 10.6 Å². The van der Waals surface area contributed by atoms with E-state index in [1.54, 1.807) is 37.3 Å². The molecular formula is C15H15BrFNO2S. The van der Waals surface area contributed by atoms with Crippen LogP contribution in [0.5, 0.6) is 0 Å². The Kier molecular flexibility index (Phi) is 5.00. The fraction of sp³-hybridized carbons (Fsp3) is 0.200. The van der Waals surface area contributed by atoms with Crippen molar-refractivity contribution >= 4 is 31.5 Å². The number of hydrogen-bond acceptors (Lipinski definition) is 3. The number of sulfone groups is 1. The summed E-state index contributed by atoms with van der Waals surface area (Å²) < 4.78 is 37.4. The number of halogens is 2. The van der Waals surface area contributed by atoms with Crippen molar-refractivity contribution in [2.75, 3.05) is 11.1 Å². The monoisotopic (exact) mass is 371 g/mol. The summed E-state index contributed by atoms with van der Waals surface area (Å²) in [5, 5.41) is 3.13. The highest BCUT2D eigenvalue weighted by atomic mass is 79.9. The molecule has 0 saturated heterocycles. The summed E-state index contributed by atoms with van der Waals surface area (Å²) in [4.78, 5) is 0.308. The van der Waals surface area contributed by atoms with Crippen LogP contribution >= 0.6 is 15.9 Å². The molecule has 1 N–H and O–H groups in total. The lowest BCUT2D eigenvalue weighted by Gasteiger charge is -2.09. The largest absolute Gasteiger partial charge is 0.381 e. The molecule has 0 heterocycles. The first-order valence-corrected chi connectivity index (χ1v) is 8.87. The van der Waals surface area contributed by atoms with Crippen LogP contribution in [0.4, 0.5) is 10.1 Å². The molecule has 21 heavy (non-hydrogen) atoms. The molecule has 6 heteroatoms. The Hall–Kier alpha value is -1.40. The Morgan fingerprint density at radius 2 is 1.81 bits per heavy atom. The van der Waals surface area contributed by atoms with Gasteiger partial charge >= 0.3 is 0 Å². The Bertz CT molecular complexity index is 730. The molecule has 0 aliphatic rings. The molecule has 0 spiro atoms. The Morgan fingerprint density at radius 1 is 1.14 bits per heavy atom. The zero-order valence-electron chi connectivity index (χ0n) is 11.4. The second-order valence-corrected chi connectivity index (χ2v) is 7.65. The van der Waals surface area contributed by atoms with E-state index >= 15 is 0 Å². The predicted octanol–water partition coefficient (Wildman–Crippen LogP) is 3.99. The molecule has 0 bridgehead atoms. The zero-order chi connectivity index (χ0) is 15.5. The van der Waals surface area contributed by atoms with E-state index in [1.807, 2.05) is 0 Å². The van der Waals surface area contributed by atoms with Gasteiger partial charge in [0.2, 0.25) is 0 Å². The molecular weight excluding hydrogens is 357 g/mol. The van der Waals surface area contributed by atoms with Gasteiger partial charge in [-0.3, -0.25) is 0 Å². The van der Waals surface area contributed by atoms with E-state index in [1.165, 1.54) is 12.1 Å². The average molecular weight is 372 g/mol. The van der Waals surface area contributed by atoms with Crippen LogP contribution in [0.2, 0.25) is 0 Å². The van der Waals surface area contributed by atoms with E-state index in [0.29, 0.717) is 11.4 Å². The van der Waals surface area contributed by atoms with Crippen molar-refractivity contribution in [2.24, 2.45) is 0 Å². The molecule has 2 rings (SSSR count). The summed E-state index contributed by atoms with van der Waals surface area (Å²) in [5.74, 6) is -0.213. The number of rotatable bonds is 5. The van der Waals surface area contributed by atoms with Gasteiger partial charge in [-0.25, -0.2) is 12.8 Å². The maximum absolute atomic E-state index is 13.2. The summed E-state index contributed by atoms with van der Waals surface area (Å²) in [6.45, 7) is 2.06. The summed E-state index contributed by atoms with van der Waals surface area (Å²) in [6.07, 6.45) is 0. The van der Waals surface area contributed by atoms with Crippen molar-refractivity contribution in [2.45, 2.75) is 18.4 Å². The molecule has 0 unspecified atom stereocenters. The fourth-order valence-electron chi connectivity index (χ4n) is 1.82. The quantitative estimate of drug-likeness (QED) is 0.863. The molecule has 0 amide bonds. The van der Waals surface area contributed by atoms with Gasteiger partial charge in [-0.2, -0.15) is 0 Å². The number of anilines is 1. The lowest BCUT2D eigenvalue weighted by molar-refractivity contribution is 0.597. The predicted molar refractivity (Wildman–Crippen MR) is 85.6 cm³/mol. The van der Waals surface area contributed by atoms with Gasteiger partial charge < -0.3 is 5.32 Å². The molecule has 0 atom stereocenters. The highest BCUT2D eigenvalue weighted by Crippen LogP contribution is 2.20. The maximum Gasteiger partial charge on any atom is 0.178 e. The van der Waals surface area contributed by atoms with Gasteiger partial charge in [-0.1, -0.05) is 22.9 Å². The van der Waals surface area contributed by atoms with Crippen LogP contribution in [-0.4, -0.2) is 14.2 Å². The molecule has 0 fully saturated rings. The van der Waals surface area contributed by atoms with Crippen LogP contribution in [0.15, 0.2) is 51.8 Å². The van der Waals surface area contributed by atoms with Gasteiger partial charge in [0.15, 0.2) is 9.84 Å². The lowest BCUT2D eigenvalue weighted by atomic mass is 10.2. The van der Waals surface area contributed by atoms with Gasteiger partial charge in [-0.15, -0.1) is 0 Å². The average Bonchev–Trinajstić information content (AvgIpc) is 2.48. The van der Waals surface area contributed by atoms with Crippen LogP contribution in [0.1, 0.15) is 12.5 Å². The topological polar surface area (TPSA) is 46.2 Å². The summed E-state index contributed by atoms with van der Waals surface area (Å²) in [7, 11) is -3.18. The highest BCUT2D eigenvalue weighted by molar-refractivity contribution is 9.10. The molecule has 3 nitrogen and oxygen atoms in total. The first-order chi connectivity index (χ1) is 9.92. The molecule has 0 aliphatic heterocycles. The van der Waals surface area contributed by atoms with Crippen LogP contribution in [0.25, 0.3) is 0 Å². The van der Waals surface area contributed by atoms with E-state index in [0.717, 1.165) is 15.7 Å². The van der Waals surface area contributed by atoms with E-state index in [9.17, 15) is 12.8 Å². The summed E-state index contributed by atoms with van der Waals surface area (Å²) in [5.41, 5.74) is 1.57. The van der Waals surface area contributed by atoms with Gasteiger partial charge in [-0.05, 0) is 48.0 Å². The molecule has 2 aromatic rings. The number of nitrogens with one attached hydrogen (secondary N) is 1. The highest BCUT2D eigenvalue weighted by Gasteiger charge is 2.10. The number of hydrogen-bond donors (Lipinski definition) is 1. The Morgan fingerprint density at radius 3 is 2.43 bits per heavy atom. The molecule has 0 aliphatic carbocycles. The van der Waals surface area contributed by atoms with Gasteiger partial charge in [0.25, 0.3) is 0 Å². The van der Waals surface area contributed by atoms with Gasteiger partial charge in [0.1, 0.15) is 5.82 Å². The first-order valence-electron chi connectivity index (χ1n) is 6.43. The second kappa shape index (κ2) is 6.58.